The van der Waals surface area contributed by atoms with E-state index in [1.807, 2.05) is 11.6 Å². The van der Waals surface area contributed by atoms with Crippen LogP contribution in [0.1, 0.15) is 24.3 Å². The Morgan fingerprint density at radius 2 is 2.45 bits per heavy atom. The third-order valence-corrected chi connectivity index (χ3v) is 4.88. The van der Waals surface area contributed by atoms with Gasteiger partial charge in [0.05, 0.1) is 32.0 Å². The molecule has 0 radical (unpaired) electrons. The first kappa shape index (κ1) is 14.2. The van der Waals surface area contributed by atoms with E-state index in [1.54, 1.807) is 17.4 Å². The van der Waals surface area contributed by atoms with Gasteiger partial charge in [-0.3, -0.25) is 4.90 Å². The van der Waals surface area contributed by atoms with Crippen LogP contribution >= 0.6 is 11.3 Å². The minimum absolute atomic E-state index is 0.260. The molecular weight excluding hydrogens is 272 g/mol. The first-order valence-electron chi connectivity index (χ1n) is 7.33. The van der Waals surface area contributed by atoms with Crippen LogP contribution in [0.4, 0.5) is 0 Å². The molecule has 0 spiro atoms. The highest BCUT2D eigenvalue weighted by molar-refractivity contribution is 7.09. The van der Waals surface area contributed by atoms with Crippen LogP contribution in [0.25, 0.3) is 0 Å². The number of rotatable bonds is 6. The van der Waals surface area contributed by atoms with Gasteiger partial charge in [0.1, 0.15) is 5.01 Å². The lowest BCUT2D eigenvalue weighted by Crippen LogP contribution is -2.43. The molecule has 5 heteroatoms. The van der Waals surface area contributed by atoms with E-state index in [2.05, 4.69) is 16.5 Å². The number of ether oxygens (including phenoxy) is 2. The van der Waals surface area contributed by atoms with E-state index in [4.69, 9.17) is 9.47 Å². The van der Waals surface area contributed by atoms with Gasteiger partial charge in [0.25, 0.3) is 0 Å². The summed E-state index contributed by atoms with van der Waals surface area (Å²) < 4.78 is 11.7. The van der Waals surface area contributed by atoms with Crippen LogP contribution in [0.5, 0.6) is 0 Å². The molecule has 3 heterocycles. The number of thiazole rings is 1. The van der Waals surface area contributed by atoms with E-state index in [1.165, 1.54) is 11.4 Å². The van der Waals surface area contributed by atoms with E-state index < -0.39 is 0 Å². The van der Waals surface area contributed by atoms with Crippen LogP contribution < -0.4 is 0 Å². The molecule has 1 aromatic heterocycles. The molecule has 3 atom stereocenters. The molecule has 0 amide bonds. The van der Waals surface area contributed by atoms with Crippen molar-refractivity contribution in [3.63, 3.8) is 0 Å². The molecule has 110 valence electrons. The van der Waals surface area contributed by atoms with Crippen molar-refractivity contribution >= 4 is 11.3 Å². The molecule has 1 aromatic rings. The Hall–Kier alpha value is -0.750. The molecule has 4 nitrogen and oxygen atoms in total. The number of likely N-dealkylation sites (tertiary alicyclic amines) is 1. The summed E-state index contributed by atoms with van der Waals surface area (Å²) in [5.41, 5.74) is 0. The Balaban J connectivity index is 1.50. The van der Waals surface area contributed by atoms with E-state index in [-0.39, 0.29) is 6.10 Å². The highest BCUT2D eigenvalue weighted by Crippen LogP contribution is 2.32. The normalized spacial score (nSPS) is 30.3. The van der Waals surface area contributed by atoms with Crippen LogP contribution in [0, 0.1) is 0 Å². The zero-order valence-corrected chi connectivity index (χ0v) is 12.6. The van der Waals surface area contributed by atoms with Crippen molar-refractivity contribution in [1.82, 2.24) is 9.88 Å². The fraction of sp³-hybridized carbons (Fsp3) is 0.667. The average molecular weight is 294 g/mol. The monoisotopic (exact) mass is 294 g/mol. The quantitative estimate of drug-likeness (QED) is 0.596. The molecule has 2 aliphatic rings. The third kappa shape index (κ3) is 3.28. The lowest BCUT2D eigenvalue weighted by Gasteiger charge is -2.35. The summed E-state index contributed by atoms with van der Waals surface area (Å²) in [7, 11) is 0. The Morgan fingerprint density at radius 3 is 3.25 bits per heavy atom. The Morgan fingerprint density at radius 1 is 1.50 bits per heavy atom. The second kappa shape index (κ2) is 6.80. The highest BCUT2D eigenvalue weighted by Gasteiger charge is 2.39. The molecule has 2 saturated heterocycles. The van der Waals surface area contributed by atoms with Crippen molar-refractivity contribution in [3.05, 3.63) is 29.2 Å². The fourth-order valence-electron chi connectivity index (χ4n) is 3.19. The van der Waals surface area contributed by atoms with Gasteiger partial charge in [-0.15, -0.1) is 17.9 Å². The minimum Gasteiger partial charge on any atom is -0.375 e. The third-order valence-electron chi connectivity index (χ3n) is 4.11. The number of hydrogen-bond acceptors (Lipinski definition) is 5. The van der Waals surface area contributed by atoms with Crippen LogP contribution in [0.3, 0.4) is 0 Å². The SMILES string of the molecule is C=CCOC[C@@H]1CC[C@H]2[C@H](CCN2Cc2nccs2)O1. The summed E-state index contributed by atoms with van der Waals surface area (Å²) >= 11 is 1.74. The van der Waals surface area contributed by atoms with Gasteiger partial charge in [-0.2, -0.15) is 0 Å². The maximum atomic E-state index is 6.19. The summed E-state index contributed by atoms with van der Waals surface area (Å²) in [6.45, 7) is 7.07. The fourth-order valence-corrected chi connectivity index (χ4v) is 3.83. The number of nitrogens with zero attached hydrogens (tertiary/aromatic N) is 2. The largest absolute Gasteiger partial charge is 0.375 e. The van der Waals surface area contributed by atoms with Gasteiger partial charge in [0, 0.05) is 24.2 Å². The smallest absolute Gasteiger partial charge is 0.107 e. The lowest BCUT2D eigenvalue weighted by atomic mass is 9.99. The minimum atomic E-state index is 0.260. The standard InChI is InChI=1S/C15H22N2O2S/c1-2-8-18-11-12-3-4-13-14(19-12)5-7-17(13)10-15-16-6-9-20-15/h2,6,9,12-14H,1,3-5,7-8,10-11H2/t12-,13-,14-/m0/s1. The molecule has 3 rings (SSSR count). The molecule has 0 aliphatic carbocycles. The van der Waals surface area contributed by atoms with Crippen LogP contribution in [0.2, 0.25) is 0 Å². The van der Waals surface area contributed by atoms with Crippen LogP contribution in [-0.4, -0.2) is 47.9 Å². The molecule has 0 unspecified atom stereocenters. The van der Waals surface area contributed by atoms with E-state index in [9.17, 15) is 0 Å². The van der Waals surface area contributed by atoms with Gasteiger partial charge in [-0.25, -0.2) is 4.98 Å². The van der Waals surface area contributed by atoms with Gasteiger partial charge < -0.3 is 9.47 Å². The second-order valence-electron chi connectivity index (χ2n) is 5.45. The molecule has 2 fully saturated rings. The Kier molecular flexibility index (Phi) is 4.83. The number of hydrogen-bond donors (Lipinski definition) is 0. The zero-order valence-electron chi connectivity index (χ0n) is 11.7. The first-order valence-corrected chi connectivity index (χ1v) is 8.21. The topological polar surface area (TPSA) is 34.6 Å². The summed E-state index contributed by atoms with van der Waals surface area (Å²) in [6.07, 6.45) is 7.74. The van der Waals surface area contributed by atoms with Gasteiger partial charge in [-0.1, -0.05) is 6.08 Å². The molecular formula is C15H22N2O2S. The maximum absolute atomic E-state index is 6.19. The van der Waals surface area contributed by atoms with Gasteiger partial charge >= 0.3 is 0 Å². The summed E-state index contributed by atoms with van der Waals surface area (Å²) in [6, 6.07) is 0.564. The lowest BCUT2D eigenvalue weighted by molar-refractivity contribution is -0.0971. The number of fused-ring (bicyclic) bond motifs is 1. The zero-order chi connectivity index (χ0) is 13.8. The van der Waals surface area contributed by atoms with Crippen molar-refractivity contribution in [1.29, 1.82) is 0 Å². The van der Waals surface area contributed by atoms with Crippen LogP contribution in [0.15, 0.2) is 24.2 Å². The second-order valence-corrected chi connectivity index (χ2v) is 6.43. The first-order chi connectivity index (χ1) is 9.86. The van der Waals surface area contributed by atoms with Crippen molar-refractivity contribution in [2.24, 2.45) is 0 Å². The molecule has 20 heavy (non-hydrogen) atoms. The van der Waals surface area contributed by atoms with E-state index >= 15 is 0 Å². The van der Waals surface area contributed by atoms with Crippen molar-refractivity contribution < 1.29 is 9.47 Å². The van der Waals surface area contributed by atoms with E-state index in [0.29, 0.717) is 25.4 Å². The molecule has 2 aliphatic heterocycles. The van der Waals surface area contributed by atoms with Crippen LogP contribution in [-0.2, 0) is 16.0 Å². The van der Waals surface area contributed by atoms with Gasteiger partial charge in [0.15, 0.2) is 0 Å². The predicted octanol–water partition coefficient (Wildman–Crippen LogP) is 2.47. The van der Waals surface area contributed by atoms with Gasteiger partial charge in [0.2, 0.25) is 0 Å². The summed E-state index contributed by atoms with van der Waals surface area (Å²) in [5.74, 6) is 0. The van der Waals surface area contributed by atoms with Gasteiger partial charge in [-0.05, 0) is 19.3 Å². The molecule has 0 saturated carbocycles. The molecule has 0 aromatic carbocycles. The summed E-state index contributed by atoms with van der Waals surface area (Å²) in [4.78, 5) is 6.92. The Labute approximate surface area is 124 Å². The van der Waals surface area contributed by atoms with E-state index in [0.717, 1.165) is 25.9 Å². The maximum Gasteiger partial charge on any atom is 0.107 e. The highest BCUT2D eigenvalue weighted by atomic mass is 32.1. The summed E-state index contributed by atoms with van der Waals surface area (Å²) in [5, 5.41) is 3.26. The van der Waals surface area contributed by atoms with Crippen molar-refractivity contribution in [3.8, 4) is 0 Å². The molecule has 0 bridgehead atoms. The average Bonchev–Trinajstić information content (AvgIpc) is 3.10. The Bertz CT molecular complexity index is 424. The predicted molar refractivity (Wildman–Crippen MR) is 79.8 cm³/mol. The molecule has 0 N–H and O–H groups in total. The van der Waals surface area contributed by atoms with Crippen molar-refractivity contribution in [2.45, 2.75) is 44.1 Å². The number of aromatic nitrogens is 1. The van der Waals surface area contributed by atoms with Crippen molar-refractivity contribution in [2.75, 3.05) is 19.8 Å².